The molecule has 1 aliphatic carbocycles. The summed E-state index contributed by atoms with van der Waals surface area (Å²) in [4.78, 5) is 4.54. The van der Waals surface area contributed by atoms with E-state index < -0.39 is 0 Å². The average molecular weight is 277 g/mol. The van der Waals surface area contributed by atoms with E-state index in [-0.39, 0.29) is 0 Å². The smallest absolute Gasteiger partial charge is 0.205 e. The fourth-order valence-electron chi connectivity index (χ4n) is 3.43. The Bertz CT molecular complexity index is 830. The third-order valence-electron chi connectivity index (χ3n) is 4.45. The molecule has 1 heterocycles. The summed E-state index contributed by atoms with van der Waals surface area (Å²) < 4.78 is 2.11. The van der Waals surface area contributed by atoms with Gasteiger partial charge < -0.3 is 5.73 Å². The van der Waals surface area contributed by atoms with Gasteiger partial charge >= 0.3 is 0 Å². The van der Waals surface area contributed by atoms with Crippen molar-refractivity contribution in [3.63, 3.8) is 0 Å². The van der Waals surface area contributed by atoms with Crippen molar-refractivity contribution in [3.05, 3.63) is 53.1 Å². The van der Waals surface area contributed by atoms with Gasteiger partial charge in [-0.05, 0) is 67.5 Å². The van der Waals surface area contributed by atoms with Crippen LogP contribution in [-0.2, 0) is 12.8 Å². The molecule has 0 radical (unpaired) electrons. The van der Waals surface area contributed by atoms with Crippen molar-refractivity contribution in [2.75, 3.05) is 5.73 Å². The molecule has 3 aromatic rings. The van der Waals surface area contributed by atoms with E-state index in [0.717, 1.165) is 17.5 Å². The van der Waals surface area contributed by atoms with Gasteiger partial charge in [-0.1, -0.05) is 18.2 Å². The van der Waals surface area contributed by atoms with E-state index in [1.54, 1.807) is 0 Å². The molecule has 3 heteroatoms. The zero-order valence-electron chi connectivity index (χ0n) is 12.3. The summed E-state index contributed by atoms with van der Waals surface area (Å²) in [5.41, 5.74) is 13.6. The van der Waals surface area contributed by atoms with Crippen LogP contribution in [0.25, 0.3) is 16.7 Å². The van der Waals surface area contributed by atoms with Crippen molar-refractivity contribution in [3.8, 4) is 5.69 Å². The van der Waals surface area contributed by atoms with E-state index in [1.165, 1.54) is 41.6 Å². The quantitative estimate of drug-likeness (QED) is 0.735. The van der Waals surface area contributed by atoms with E-state index >= 15 is 0 Å². The first kappa shape index (κ1) is 12.5. The number of anilines is 1. The van der Waals surface area contributed by atoms with Crippen LogP contribution in [0.4, 0.5) is 5.95 Å². The summed E-state index contributed by atoms with van der Waals surface area (Å²) in [6, 6.07) is 12.9. The average Bonchev–Trinajstić information content (AvgIpc) is 2.81. The molecule has 0 unspecified atom stereocenters. The number of benzene rings is 2. The van der Waals surface area contributed by atoms with Gasteiger partial charge in [0.1, 0.15) is 0 Å². The number of nitrogens with zero attached hydrogens (tertiary/aromatic N) is 2. The topological polar surface area (TPSA) is 43.8 Å². The van der Waals surface area contributed by atoms with Gasteiger partial charge in [0, 0.05) is 0 Å². The van der Waals surface area contributed by atoms with Crippen LogP contribution in [-0.4, -0.2) is 9.55 Å². The number of fused-ring (bicyclic) bond motifs is 2. The summed E-state index contributed by atoms with van der Waals surface area (Å²) in [5.74, 6) is 0.578. The summed E-state index contributed by atoms with van der Waals surface area (Å²) in [5, 5.41) is 0. The molecule has 0 atom stereocenters. The molecule has 2 N–H and O–H groups in total. The number of hydrogen-bond donors (Lipinski definition) is 1. The first-order chi connectivity index (χ1) is 10.2. The summed E-state index contributed by atoms with van der Waals surface area (Å²) in [6.45, 7) is 2.08. The predicted octanol–water partition coefficient (Wildman–Crippen LogP) is 3.79. The van der Waals surface area contributed by atoms with Crippen LogP contribution in [0.2, 0.25) is 0 Å². The number of nitrogen functional groups attached to an aromatic ring is 1. The van der Waals surface area contributed by atoms with Crippen LogP contribution in [0.5, 0.6) is 0 Å². The molecule has 2 aromatic carbocycles. The third-order valence-corrected chi connectivity index (χ3v) is 4.45. The highest BCUT2D eigenvalue weighted by atomic mass is 15.2. The van der Waals surface area contributed by atoms with Crippen LogP contribution in [0.15, 0.2) is 36.4 Å². The Morgan fingerprint density at radius 2 is 1.95 bits per heavy atom. The second-order valence-corrected chi connectivity index (χ2v) is 5.92. The maximum absolute atomic E-state index is 6.22. The van der Waals surface area contributed by atoms with Crippen molar-refractivity contribution in [1.29, 1.82) is 0 Å². The van der Waals surface area contributed by atoms with Crippen molar-refractivity contribution in [1.82, 2.24) is 9.55 Å². The van der Waals surface area contributed by atoms with Crippen molar-refractivity contribution >= 4 is 17.0 Å². The Morgan fingerprint density at radius 1 is 1.10 bits per heavy atom. The minimum atomic E-state index is 0.578. The molecule has 21 heavy (non-hydrogen) atoms. The van der Waals surface area contributed by atoms with Crippen molar-refractivity contribution in [2.24, 2.45) is 0 Å². The molecule has 4 rings (SSSR count). The number of rotatable bonds is 1. The monoisotopic (exact) mass is 277 g/mol. The molecule has 0 aliphatic heterocycles. The lowest BCUT2D eigenvalue weighted by Gasteiger charge is -2.20. The highest BCUT2D eigenvalue weighted by Gasteiger charge is 2.17. The Morgan fingerprint density at radius 3 is 2.86 bits per heavy atom. The fraction of sp³-hybridized carbons (Fsp3) is 0.278. The van der Waals surface area contributed by atoms with Crippen LogP contribution >= 0.6 is 0 Å². The van der Waals surface area contributed by atoms with E-state index in [9.17, 15) is 0 Å². The number of hydrogen-bond acceptors (Lipinski definition) is 2. The minimum absolute atomic E-state index is 0.578. The van der Waals surface area contributed by atoms with Gasteiger partial charge in [0.15, 0.2) is 0 Å². The zero-order valence-corrected chi connectivity index (χ0v) is 12.3. The number of aryl methyl sites for hydroxylation is 2. The second-order valence-electron chi connectivity index (χ2n) is 5.92. The van der Waals surface area contributed by atoms with Crippen LogP contribution < -0.4 is 5.73 Å². The van der Waals surface area contributed by atoms with Gasteiger partial charge in [0.05, 0.1) is 16.7 Å². The predicted molar refractivity (Wildman–Crippen MR) is 86.9 cm³/mol. The van der Waals surface area contributed by atoms with Crippen LogP contribution in [0.1, 0.15) is 29.5 Å². The normalized spacial score (nSPS) is 14.3. The summed E-state index contributed by atoms with van der Waals surface area (Å²) >= 11 is 0. The van der Waals surface area contributed by atoms with E-state index in [1.807, 2.05) is 0 Å². The molecular formula is C18H19N3. The lowest BCUT2D eigenvalue weighted by Crippen LogP contribution is -2.09. The summed E-state index contributed by atoms with van der Waals surface area (Å²) in [6.07, 6.45) is 4.86. The van der Waals surface area contributed by atoms with Gasteiger partial charge in [-0.25, -0.2) is 4.98 Å². The fourth-order valence-corrected chi connectivity index (χ4v) is 3.43. The molecule has 0 bridgehead atoms. The molecular weight excluding hydrogens is 258 g/mol. The number of nitrogens with two attached hydrogens (primary N) is 1. The largest absolute Gasteiger partial charge is 0.369 e. The number of imidazole rings is 1. The maximum atomic E-state index is 6.22. The molecule has 0 spiro atoms. The first-order valence-electron chi connectivity index (χ1n) is 7.60. The molecule has 0 saturated carbocycles. The zero-order chi connectivity index (χ0) is 14.4. The SMILES string of the molecule is Cc1ccc2c(c1)nc(N)n2-c1cccc2c1CCCC2. The molecule has 1 aliphatic rings. The molecule has 3 nitrogen and oxygen atoms in total. The van der Waals surface area contributed by atoms with Crippen LogP contribution in [0, 0.1) is 6.92 Å². The molecule has 0 saturated heterocycles. The Hall–Kier alpha value is -2.29. The first-order valence-corrected chi connectivity index (χ1v) is 7.60. The number of aromatic nitrogens is 2. The Kier molecular flexibility index (Phi) is 2.74. The van der Waals surface area contributed by atoms with Gasteiger partial charge in [-0.15, -0.1) is 0 Å². The van der Waals surface area contributed by atoms with Gasteiger partial charge in [-0.2, -0.15) is 0 Å². The highest BCUT2D eigenvalue weighted by molar-refractivity contribution is 5.82. The second kappa shape index (κ2) is 4.62. The molecule has 0 amide bonds. The van der Waals surface area contributed by atoms with E-state index in [0.29, 0.717) is 5.95 Å². The van der Waals surface area contributed by atoms with E-state index in [2.05, 4.69) is 52.9 Å². The highest BCUT2D eigenvalue weighted by Crippen LogP contribution is 2.31. The van der Waals surface area contributed by atoms with E-state index in [4.69, 9.17) is 5.73 Å². The minimum Gasteiger partial charge on any atom is -0.369 e. The third kappa shape index (κ3) is 1.92. The maximum Gasteiger partial charge on any atom is 0.205 e. The van der Waals surface area contributed by atoms with Crippen molar-refractivity contribution < 1.29 is 0 Å². The molecule has 1 aromatic heterocycles. The molecule has 0 fully saturated rings. The lowest BCUT2D eigenvalue weighted by atomic mass is 9.90. The van der Waals surface area contributed by atoms with Gasteiger partial charge in [0.25, 0.3) is 0 Å². The van der Waals surface area contributed by atoms with Gasteiger partial charge in [0.2, 0.25) is 5.95 Å². The standard InChI is InChI=1S/C18H19N3/c1-12-9-10-17-15(11-12)20-18(19)21(17)16-8-4-6-13-5-2-3-7-14(13)16/h4,6,8-11H,2-3,5,7H2,1H3,(H2,19,20). The summed E-state index contributed by atoms with van der Waals surface area (Å²) in [7, 11) is 0. The van der Waals surface area contributed by atoms with Gasteiger partial charge in [-0.3, -0.25) is 4.57 Å². The Balaban J connectivity index is 2.01. The molecule has 106 valence electrons. The van der Waals surface area contributed by atoms with Crippen LogP contribution in [0.3, 0.4) is 0 Å². The van der Waals surface area contributed by atoms with Crippen molar-refractivity contribution in [2.45, 2.75) is 32.6 Å². The lowest BCUT2D eigenvalue weighted by molar-refractivity contribution is 0.682. The Labute approximate surface area is 124 Å².